The molecule has 2 aromatic rings. The number of esters is 1. The number of hydrogen-bond acceptors (Lipinski definition) is 5. The van der Waals surface area contributed by atoms with Crippen LogP contribution >= 0.6 is 38.6 Å². The van der Waals surface area contributed by atoms with E-state index in [2.05, 4.69) is 63.6 Å². The maximum absolute atomic E-state index is 12.2. The molecule has 0 spiro atoms. The molecule has 0 bridgehead atoms. The second-order valence-corrected chi connectivity index (χ2v) is 9.89. The first kappa shape index (κ1) is 21.8. The van der Waals surface area contributed by atoms with E-state index in [-0.39, 0.29) is 11.9 Å². The van der Waals surface area contributed by atoms with Crippen LogP contribution in [0.3, 0.4) is 0 Å². The van der Waals surface area contributed by atoms with Crippen LogP contribution in [0.25, 0.3) is 5.57 Å². The van der Waals surface area contributed by atoms with Gasteiger partial charge in [0.25, 0.3) is 0 Å². The first-order chi connectivity index (χ1) is 13.6. The number of piperidine rings is 1. The minimum atomic E-state index is -0.0381. The number of halogens is 1. The molecule has 1 aliphatic rings. The molecule has 0 unspecified atom stereocenters. The molecule has 2 aromatic heterocycles. The van der Waals surface area contributed by atoms with E-state index < -0.39 is 0 Å². The lowest BCUT2D eigenvalue weighted by Crippen LogP contribution is -2.39. The molecule has 3 heterocycles. The monoisotopic (exact) mass is 481 g/mol. The highest BCUT2D eigenvalue weighted by Gasteiger charge is 2.26. The Morgan fingerprint density at radius 1 is 1.25 bits per heavy atom. The zero-order valence-electron chi connectivity index (χ0n) is 16.6. The van der Waals surface area contributed by atoms with Gasteiger partial charge in [0.05, 0.1) is 5.92 Å². The normalized spacial score (nSPS) is 17.5. The molecular weight excluding hydrogens is 454 g/mol. The van der Waals surface area contributed by atoms with Crippen molar-refractivity contribution in [3.8, 4) is 0 Å². The van der Waals surface area contributed by atoms with Crippen molar-refractivity contribution in [1.82, 2.24) is 4.90 Å². The first-order valence-electron chi connectivity index (χ1n) is 9.84. The smallest absolute Gasteiger partial charge is 0.310 e. The summed E-state index contributed by atoms with van der Waals surface area (Å²) >= 11 is 6.96. The minimum Gasteiger partial charge on any atom is -0.465 e. The van der Waals surface area contributed by atoms with Gasteiger partial charge in [0.15, 0.2) is 0 Å². The van der Waals surface area contributed by atoms with E-state index in [1.165, 1.54) is 26.5 Å². The Labute approximate surface area is 184 Å². The summed E-state index contributed by atoms with van der Waals surface area (Å²) in [4.78, 5) is 17.4. The Bertz CT molecular complexity index is 769. The largest absolute Gasteiger partial charge is 0.465 e. The van der Waals surface area contributed by atoms with Crippen LogP contribution in [0.15, 0.2) is 29.0 Å². The Balaban J connectivity index is 1.65. The predicted octanol–water partition coefficient (Wildman–Crippen LogP) is 5.90. The van der Waals surface area contributed by atoms with Crippen molar-refractivity contribution >= 4 is 50.1 Å². The highest BCUT2D eigenvalue weighted by Crippen LogP contribution is 2.35. The molecule has 3 nitrogen and oxygen atoms in total. The van der Waals surface area contributed by atoms with Gasteiger partial charge in [-0.2, -0.15) is 0 Å². The minimum absolute atomic E-state index is 0.0235. The molecule has 3 rings (SSSR count). The van der Waals surface area contributed by atoms with Gasteiger partial charge in [-0.3, -0.25) is 4.79 Å². The number of alkyl halides is 1. The van der Waals surface area contributed by atoms with E-state index in [4.69, 9.17) is 4.74 Å². The van der Waals surface area contributed by atoms with Crippen molar-refractivity contribution in [2.24, 2.45) is 5.92 Å². The van der Waals surface area contributed by atoms with E-state index in [0.29, 0.717) is 11.9 Å². The van der Waals surface area contributed by atoms with Crippen LogP contribution < -0.4 is 0 Å². The van der Waals surface area contributed by atoms with Crippen LogP contribution in [0, 0.1) is 19.8 Å². The summed E-state index contributed by atoms with van der Waals surface area (Å²) in [5, 5.41) is 5.05. The number of hydrogen-bond donors (Lipinski definition) is 0. The van der Waals surface area contributed by atoms with E-state index in [1.54, 1.807) is 0 Å². The van der Waals surface area contributed by atoms with Crippen LogP contribution in [-0.4, -0.2) is 42.4 Å². The van der Waals surface area contributed by atoms with Crippen molar-refractivity contribution < 1.29 is 9.53 Å². The van der Waals surface area contributed by atoms with Gasteiger partial charge in [0, 0.05) is 33.7 Å². The van der Waals surface area contributed by atoms with E-state index in [1.807, 2.05) is 22.7 Å². The van der Waals surface area contributed by atoms with Gasteiger partial charge in [-0.15, -0.1) is 22.7 Å². The van der Waals surface area contributed by atoms with Crippen LogP contribution in [0.1, 0.15) is 40.1 Å². The molecule has 0 radical (unpaired) electrons. The van der Waals surface area contributed by atoms with Gasteiger partial charge in [0.2, 0.25) is 0 Å². The van der Waals surface area contributed by atoms with E-state index >= 15 is 0 Å². The third-order valence-corrected chi connectivity index (χ3v) is 7.59. The fourth-order valence-corrected chi connectivity index (χ4v) is 5.86. The lowest BCUT2D eigenvalue weighted by Gasteiger charge is -2.31. The Kier molecular flexibility index (Phi) is 8.33. The van der Waals surface area contributed by atoms with E-state index in [9.17, 15) is 4.79 Å². The molecule has 0 aromatic carbocycles. The van der Waals surface area contributed by atoms with Crippen molar-refractivity contribution in [3.05, 3.63) is 49.9 Å². The number of thiophene rings is 2. The standard InChI is InChI=1S/C22H28BrNO2S2/c1-16-7-13-27-20(16)19(21-17(2)8-14-28-21)6-4-11-24-10-3-5-18(15-24)22(25)26-12-9-23/h6-8,13-14,18H,3-5,9-12,15H2,1-2H3/t18-/m1/s1. The fourth-order valence-electron chi connectivity index (χ4n) is 3.69. The van der Waals surface area contributed by atoms with Gasteiger partial charge >= 0.3 is 5.97 Å². The molecule has 1 saturated heterocycles. The molecule has 0 amide bonds. The molecule has 1 fully saturated rings. The quantitative estimate of drug-likeness (QED) is 0.347. The molecule has 152 valence electrons. The molecule has 28 heavy (non-hydrogen) atoms. The third kappa shape index (κ3) is 5.56. The first-order valence-corrected chi connectivity index (χ1v) is 12.7. The molecular formula is C22H28BrNO2S2. The zero-order valence-corrected chi connectivity index (χ0v) is 19.8. The fraction of sp³-hybridized carbons (Fsp3) is 0.500. The lowest BCUT2D eigenvalue weighted by atomic mass is 9.98. The van der Waals surface area contributed by atoms with Crippen molar-refractivity contribution in [1.29, 1.82) is 0 Å². The van der Waals surface area contributed by atoms with Crippen LogP contribution in [-0.2, 0) is 9.53 Å². The lowest BCUT2D eigenvalue weighted by molar-refractivity contribution is -0.149. The second-order valence-electron chi connectivity index (χ2n) is 7.27. The number of carbonyl (C=O) groups is 1. The highest BCUT2D eigenvalue weighted by molar-refractivity contribution is 9.09. The average Bonchev–Trinajstić information content (AvgIpc) is 3.32. The average molecular weight is 483 g/mol. The van der Waals surface area contributed by atoms with Crippen LogP contribution in [0.5, 0.6) is 0 Å². The van der Waals surface area contributed by atoms with Gasteiger partial charge in [-0.25, -0.2) is 0 Å². The van der Waals surface area contributed by atoms with Crippen molar-refractivity contribution in [3.63, 3.8) is 0 Å². The Morgan fingerprint density at radius 3 is 2.50 bits per heavy atom. The maximum atomic E-state index is 12.2. The van der Waals surface area contributed by atoms with Crippen LogP contribution in [0.2, 0.25) is 0 Å². The van der Waals surface area contributed by atoms with Gasteiger partial charge < -0.3 is 9.64 Å². The summed E-state index contributed by atoms with van der Waals surface area (Å²) in [5.74, 6) is -0.0147. The van der Waals surface area contributed by atoms with Gasteiger partial charge in [0.1, 0.15) is 6.61 Å². The summed E-state index contributed by atoms with van der Waals surface area (Å²) < 4.78 is 5.32. The van der Waals surface area contributed by atoms with E-state index in [0.717, 1.165) is 38.9 Å². The molecule has 1 atom stereocenters. The number of carbonyl (C=O) groups excluding carboxylic acids is 1. The van der Waals surface area contributed by atoms with Crippen LogP contribution in [0.4, 0.5) is 0 Å². The SMILES string of the molecule is Cc1ccsc1C(=CCCN1CCC[C@@H](C(=O)OCCBr)C1)c1sccc1C. The number of likely N-dealkylation sites (tertiary alicyclic amines) is 1. The molecule has 0 saturated carbocycles. The molecule has 1 aliphatic heterocycles. The maximum Gasteiger partial charge on any atom is 0.310 e. The summed E-state index contributed by atoms with van der Waals surface area (Å²) in [6, 6.07) is 4.40. The Hall–Kier alpha value is -0.950. The summed E-state index contributed by atoms with van der Waals surface area (Å²) in [6.07, 6.45) is 5.40. The number of ether oxygens (including phenoxy) is 1. The second kappa shape index (κ2) is 10.7. The Morgan fingerprint density at radius 2 is 1.93 bits per heavy atom. The summed E-state index contributed by atoms with van der Waals surface area (Å²) in [5.41, 5.74) is 4.05. The number of rotatable bonds is 8. The topological polar surface area (TPSA) is 29.5 Å². The zero-order chi connectivity index (χ0) is 19.9. The molecule has 0 N–H and O–H groups in total. The predicted molar refractivity (Wildman–Crippen MR) is 124 cm³/mol. The van der Waals surface area contributed by atoms with Crippen molar-refractivity contribution in [2.75, 3.05) is 31.6 Å². The van der Waals surface area contributed by atoms with Crippen molar-refractivity contribution in [2.45, 2.75) is 33.1 Å². The molecule has 6 heteroatoms. The van der Waals surface area contributed by atoms with Gasteiger partial charge in [-0.1, -0.05) is 22.0 Å². The highest BCUT2D eigenvalue weighted by atomic mass is 79.9. The number of aryl methyl sites for hydroxylation is 2. The number of nitrogens with zero attached hydrogens (tertiary/aromatic N) is 1. The summed E-state index contributed by atoms with van der Waals surface area (Å²) in [6.45, 7) is 7.72. The van der Waals surface area contributed by atoms with Gasteiger partial charge in [-0.05, 0) is 73.7 Å². The summed E-state index contributed by atoms with van der Waals surface area (Å²) in [7, 11) is 0. The molecule has 0 aliphatic carbocycles. The third-order valence-electron chi connectivity index (χ3n) is 5.17.